The van der Waals surface area contributed by atoms with Gasteiger partial charge in [-0.1, -0.05) is 11.8 Å². The van der Waals surface area contributed by atoms with Gasteiger partial charge in [0, 0.05) is 17.9 Å². The van der Waals surface area contributed by atoms with Crippen LogP contribution in [0.5, 0.6) is 0 Å². The maximum absolute atomic E-state index is 13.1. The zero-order chi connectivity index (χ0) is 15.9. The summed E-state index contributed by atoms with van der Waals surface area (Å²) in [7, 11) is 0. The fourth-order valence-electron chi connectivity index (χ4n) is 1.39. The van der Waals surface area contributed by atoms with E-state index in [9.17, 15) is 22.4 Å². The van der Waals surface area contributed by atoms with E-state index in [1.807, 2.05) is 0 Å². The van der Waals surface area contributed by atoms with Crippen LogP contribution in [0, 0.1) is 17.7 Å². The van der Waals surface area contributed by atoms with E-state index in [-0.39, 0.29) is 41.7 Å². The molecular weight excluding hydrogens is 308 g/mol. The van der Waals surface area contributed by atoms with Crippen LogP contribution in [0.2, 0.25) is 0 Å². The molecule has 1 amide bonds. The zero-order valence-electron chi connectivity index (χ0n) is 10.8. The summed E-state index contributed by atoms with van der Waals surface area (Å²) < 4.78 is 48.9. The molecule has 0 atom stereocenters. The second-order valence-corrected chi connectivity index (χ2v) is 4.91. The third-order valence-corrected chi connectivity index (χ3v) is 2.94. The van der Waals surface area contributed by atoms with Crippen molar-refractivity contribution in [2.24, 2.45) is 5.73 Å². The first-order valence-electron chi connectivity index (χ1n) is 5.81. The molecule has 3 nitrogen and oxygen atoms in total. The van der Waals surface area contributed by atoms with Gasteiger partial charge in [-0.3, -0.25) is 4.79 Å². The summed E-state index contributed by atoms with van der Waals surface area (Å²) in [6, 6.07) is 3.37. The van der Waals surface area contributed by atoms with Crippen LogP contribution >= 0.6 is 11.8 Å². The minimum Gasteiger partial charge on any atom is -0.351 e. The molecule has 0 aliphatic rings. The van der Waals surface area contributed by atoms with Crippen LogP contribution in [0.15, 0.2) is 18.2 Å². The average molecular weight is 320 g/mol. The fourth-order valence-corrected chi connectivity index (χ4v) is 1.83. The Labute approximate surface area is 123 Å². The van der Waals surface area contributed by atoms with Gasteiger partial charge in [0.25, 0.3) is 5.91 Å². The van der Waals surface area contributed by atoms with Gasteiger partial charge in [-0.05, 0) is 30.0 Å². The standard InChI is InChI=1S/C13H12F4N2OS/c14-10-3-4-11(9(8-10)2-1-5-18)12(20)19-6-7-21-13(15,16)17/h3-4,8H,5-7,18H2,(H,19,20). The number of benzene rings is 1. The van der Waals surface area contributed by atoms with Crippen LogP contribution in [0.25, 0.3) is 0 Å². The molecule has 114 valence electrons. The Hall–Kier alpha value is -1.72. The van der Waals surface area contributed by atoms with Crippen LogP contribution in [-0.2, 0) is 0 Å². The lowest BCUT2D eigenvalue weighted by molar-refractivity contribution is -0.0327. The molecule has 0 saturated heterocycles. The lowest BCUT2D eigenvalue weighted by Crippen LogP contribution is -2.27. The maximum atomic E-state index is 13.1. The number of alkyl halides is 3. The number of carbonyl (C=O) groups is 1. The summed E-state index contributed by atoms with van der Waals surface area (Å²) in [5.41, 5.74) is 1.10. The lowest BCUT2D eigenvalue weighted by Gasteiger charge is -2.08. The summed E-state index contributed by atoms with van der Waals surface area (Å²) >= 11 is -0.228. The molecule has 1 rings (SSSR count). The predicted octanol–water partition coefficient (Wildman–Crippen LogP) is 2.12. The molecular formula is C13H12F4N2OS. The second-order valence-electron chi connectivity index (χ2n) is 3.75. The second kappa shape index (κ2) is 7.90. The number of thioether (sulfide) groups is 1. The fraction of sp³-hybridized carbons (Fsp3) is 0.308. The molecule has 0 heterocycles. The minimum absolute atomic E-state index is 0.0415. The first kappa shape index (κ1) is 17.3. The van der Waals surface area contributed by atoms with Crippen LogP contribution in [0.4, 0.5) is 17.6 Å². The molecule has 21 heavy (non-hydrogen) atoms. The molecule has 0 aliphatic carbocycles. The van der Waals surface area contributed by atoms with Gasteiger partial charge in [0.15, 0.2) is 0 Å². The molecule has 8 heteroatoms. The maximum Gasteiger partial charge on any atom is 0.441 e. The Morgan fingerprint density at radius 3 is 2.71 bits per heavy atom. The highest BCUT2D eigenvalue weighted by Gasteiger charge is 2.27. The molecule has 0 spiro atoms. The Balaban J connectivity index is 2.69. The summed E-state index contributed by atoms with van der Waals surface area (Å²) in [4.78, 5) is 11.8. The average Bonchev–Trinajstić information content (AvgIpc) is 2.40. The number of nitrogens with two attached hydrogens (primary N) is 1. The van der Waals surface area contributed by atoms with E-state index in [1.54, 1.807) is 0 Å². The summed E-state index contributed by atoms with van der Waals surface area (Å²) in [5, 5.41) is 2.33. The van der Waals surface area contributed by atoms with Crippen molar-refractivity contribution < 1.29 is 22.4 Å². The Kier molecular flexibility index (Phi) is 6.52. The number of rotatable bonds is 4. The summed E-state index contributed by atoms with van der Waals surface area (Å²) in [5.74, 6) is 3.55. The number of halogens is 4. The number of carbonyl (C=O) groups excluding carboxylic acids is 1. The predicted molar refractivity (Wildman–Crippen MR) is 73.2 cm³/mol. The highest BCUT2D eigenvalue weighted by atomic mass is 32.2. The van der Waals surface area contributed by atoms with E-state index in [1.165, 1.54) is 6.07 Å². The van der Waals surface area contributed by atoms with Crippen molar-refractivity contribution >= 4 is 17.7 Å². The van der Waals surface area contributed by atoms with E-state index < -0.39 is 17.2 Å². The van der Waals surface area contributed by atoms with E-state index in [0.717, 1.165) is 12.1 Å². The highest BCUT2D eigenvalue weighted by molar-refractivity contribution is 8.00. The Morgan fingerprint density at radius 1 is 1.38 bits per heavy atom. The van der Waals surface area contributed by atoms with Crippen LogP contribution in [-0.4, -0.2) is 30.3 Å². The van der Waals surface area contributed by atoms with Gasteiger partial charge in [-0.15, -0.1) is 0 Å². The molecule has 0 bridgehead atoms. The summed E-state index contributed by atoms with van der Waals surface area (Å²) in [6.07, 6.45) is 0. The van der Waals surface area contributed by atoms with Crippen molar-refractivity contribution in [3.8, 4) is 11.8 Å². The van der Waals surface area contributed by atoms with Gasteiger partial charge in [-0.2, -0.15) is 13.2 Å². The monoisotopic (exact) mass is 320 g/mol. The van der Waals surface area contributed by atoms with Crippen molar-refractivity contribution in [3.05, 3.63) is 35.1 Å². The number of nitrogens with one attached hydrogen (secondary N) is 1. The summed E-state index contributed by atoms with van der Waals surface area (Å²) in [6.45, 7) is -0.121. The third kappa shape index (κ3) is 6.51. The largest absolute Gasteiger partial charge is 0.441 e. The van der Waals surface area contributed by atoms with Gasteiger partial charge in [0.2, 0.25) is 0 Å². The van der Waals surface area contributed by atoms with Crippen LogP contribution in [0.3, 0.4) is 0 Å². The van der Waals surface area contributed by atoms with Crippen LogP contribution < -0.4 is 11.1 Å². The smallest absolute Gasteiger partial charge is 0.351 e. The molecule has 0 saturated carbocycles. The van der Waals surface area contributed by atoms with E-state index in [2.05, 4.69) is 17.2 Å². The first-order chi connectivity index (χ1) is 9.83. The number of hydrogen-bond donors (Lipinski definition) is 2. The number of hydrogen-bond acceptors (Lipinski definition) is 3. The Bertz CT molecular complexity index is 564. The van der Waals surface area contributed by atoms with Crippen molar-refractivity contribution in [2.75, 3.05) is 18.8 Å². The van der Waals surface area contributed by atoms with Crippen molar-refractivity contribution in [1.82, 2.24) is 5.32 Å². The quantitative estimate of drug-likeness (QED) is 0.508. The normalized spacial score (nSPS) is 10.7. The van der Waals surface area contributed by atoms with Crippen molar-refractivity contribution in [2.45, 2.75) is 5.51 Å². The van der Waals surface area contributed by atoms with Gasteiger partial charge in [0.05, 0.1) is 12.1 Å². The molecule has 1 aromatic rings. The number of amides is 1. The molecule has 0 fully saturated rings. The van der Waals surface area contributed by atoms with Crippen molar-refractivity contribution in [3.63, 3.8) is 0 Å². The van der Waals surface area contributed by atoms with Gasteiger partial charge in [-0.25, -0.2) is 4.39 Å². The SMILES string of the molecule is NCC#Cc1cc(F)ccc1C(=O)NCCSC(F)(F)F. The van der Waals surface area contributed by atoms with Gasteiger partial charge >= 0.3 is 5.51 Å². The highest BCUT2D eigenvalue weighted by Crippen LogP contribution is 2.29. The molecule has 0 aliphatic heterocycles. The molecule has 0 aromatic heterocycles. The van der Waals surface area contributed by atoms with E-state index >= 15 is 0 Å². The van der Waals surface area contributed by atoms with E-state index in [4.69, 9.17) is 5.73 Å². The van der Waals surface area contributed by atoms with Crippen LogP contribution in [0.1, 0.15) is 15.9 Å². The molecule has 0 unspecified atom stereocenters. The third-order valence-electron chi connectivity index (χ3n) is 2.20. The van der Waals surface area contributed by atoms with E-state index in [0.29, 0.717) is 0 Å². The molecule has 0 radical (unpaired) electrons. The topological polar surface area (TPSA) is 55.1 Å². The van der Waals surface area contributed by atoms with Crippen molar-refractivity contribution in [1.29, 1.82) is 0 Å². The minimum atomic E-state index is -4.33. The first-order valence-corrected chi connectivity index (χ1v) is 6.79. The Morgan fingerprint density at radius 2 is 2.10 bits per heavy atom. The lowest BCUT2D eigenvalue weighted by atomic mass is 10.1. The molecule has 1 aromatic carbocycles. The van der Waals surface area contributed by atoms with Gasteiger partial charge in [0.1, 0.15) is 5.82 Å². The van der Waals surface area contributed by atoms with Gasteiger partial charge < -0.3 is 11.1 Å². The molecule has 3 N–H and O–H groups in total. The zero-order valence-corrected chi connectivity index (χ0v) is 11.6.